The lowest BCUT2D eigenvalue weighted by molar-refractivity contribution is 0.137. The highest BCUT2D eigenvalue weighted by molar-refractivity contribution is 9.09. The van der Waals surface area contributed by atoms with Crippen molar-refractivity contribution < 1.29 is 0 Å². The lowest BCUT2D eigenvalue weighted by Crippen LogP contribution is -2.42. The SMILES string of the molecule is BrC1CC2CCC(C1)N2Cc1ccsc1. The van der Waals surface area contributed by atoms with E-state index >= 15 is 0 Å². The van der Waals surface area contributed by atoms with E-state index in [9.17, 15) is 0 Å². The molecule has 15 heavy (non-hydrogen) atoms. The lowest BCUT2D eigenvalue weighted by atomic mass is 10.0. The fourth-order valence-electron chi connectivity index (χ4n) is 3.06. The predicted octanol–water partition coefficient (Wildman–Crippen LogP) is 3.64. The fourth-order valence-corrected chi connectivity index (χ4v) is 4.58. The summed E-state index contributed by atoms with van der Waals surface area (Å²) in [7, 11) is 0. The Balaban J connectivity index is 1.72. The number of nitrogens with zero attached hydrogens (tertiary/aromatic N) is 1. The van der Waals surface area contributed by atoms with Gasteiger partial charge in [-0.2, -0.15) is 11.3 Å². The molecule has 2 unspecified atom stereocenters. The Kier molecular flexibility index (Phi) is 2.88. The van der Waals surface area contributed by atoms with Gasteiger partial charge in [0.05, 0.1) is 0 Å². The van der Waals surface area contributed by atoms with Crippen molar-refractivity contribution in [1.82, 2.24) is 4.90 Å². The minimum Gasteiger partial charge on any atom is -0.293 e. The molecule has 0 saturated carbocycles. The molecular weight excluding hydrogens is 270 g/mol. The lowest BCUT2D eigenvalue weighted by Gasteiger charge is -2.36. The molecule has 2 atom stereocenters. The van der Waals surface area contributed by atoms with Crippen LogP contribution in [0.5, 0.6) is 0 Å². The largest absolute Gasteiger partial charge is 0.293 e. The Morgan fingerprint density at radius 2 is 2.07 bits per heavy atom. The van der Waals surface area contributed by atoms with Gasteiger partial charge in [0.25, 0.3) is 0 Å². The van der Waals surface area contributed by atoms with Crippen molar-refractivity contribution >= 4 is 27.3 Å². The zero-order chi connectivity index (χ0) is 10.3. The maximum absolute atomic E-state index is 3.79. The van der Waals surface area contributed by atoms with Crippen LogP contribution in [0.2, 0.25) is 0 Å². The molecule has 1 aromatic heterocycles. The summed E-state index contributed by atoms with van der Waals surface area (Å²) in [5, 5.41) is 4.48. The summed E-state index contributed by atoms with van der Waals surface area (Å²) in [6.45, 7) is 1.18. The quantitative estimate of drug-likeness (QED) is 0.750. The van der Waals surface area contributed by atoms with Gasteiger partial charge in [-0.3, -0.25) is 4.90 Å². The third kappa shape index (κ3) is 2.02. The van der Waals surface area contributed by atoms with Crippen LogP contribution < -0.4 is 0 Å². The summed E-state index contributed by atoms with van der Waals surface area (Å²) in [5.74, 6) is 0. The van der Waals surface area contributed by atoms with Crippen LogP contribution >= 0.6 is 27.3 Å². The second-order valence-electron chi connectivity index (χ2n) is 4.76. The normalized spacial score (nSPS) is 35.9. The van der Waals surface area contributed by atoms with Crippen LogP contribution in [-0.4, -0.2) is 21.8 Å². The van der Waals surface area contributed by atoms with E-state index in [0.717, 1.165) is 16.9 Å². The van der Waals surface area contributed by atoms with Crippen LogP contribution in [-0.2, 0) is 6.54 Å². The second-order valence-corrected chi connectivity index (χ2v) is 6.83. The summed E-state index contributed by atoms with van der Waals surface area (Å²) >= 11 is 5.61. The topological polar surface area (TPSA) is 3.24 Å². The second kappa shape index (κ2) is 4.19. The predicted molar refractivity (Wildman–Crippen MR) is 68.6 cm³/mol. The molecule has 2 aliphatic rings. The van der Waals surface area contributed by atoms with Gasteiger partial charge in [0.1, 0.15) is 0 Å². The third-order valence-corrected chi connectivity index (χ3v) is 5.25. The van der Waals surface area contributed by atoms with Crippen LogP contribution in [0.4, 0.5) is 0 Å². The van der Waals surface area contributed by atoms with Crippen molar-refractivity contribution in [2.75, 3.05) is 0 Å². The molecule has 0 amide bonds. The first-order chi connectivity index (χ1) is 7.33. The third-order valence-electron chi connectivity index (χ3n) is 3.77. The highest BCUT2D eigenvalue weighted by Gasteiger charge is 2.39. The monoisotopic (exact) mass is 285 g/mol. The molecule has 0 spiro atoms. The van der Waals surface area contributed by atoms with Crippen LogP contribution in [0.3, 0.4) is 0 Å². The Labute approximate surface area is 104 Å². The van der Waals surface area contributed by atoms with E-state index in [2.05, 4.69) is 37.7 Å². The minimum atomic E-state index is 0.772. The molecule has 0 N–H and O–H groups in total. The standard InChI is InChI=1S/C12H16BrNS/c13-10-5-11-1-2-12(6-10)14(11)7-9-3-4-15-8-9/h3-4,8,10-12H,1-2,5-7H2. The molecule has 2 bridgehead atoms. The Morgan fingerprint density at radius 3 is 2.67 bits per heavy atom. The molecule has 2 aliphatic heterocycles. The van der Waals surface area contributed by atoms with E-state index in [1.54, 1.807) is 0 Å². The van der Waals surface area contributed by atoms with Gasteiger partial charge >= 0.3 is 0 Å². The van der Waals surface area contributed by atoms with Crippen molar-refractivity contribution in [3.05, 3.63) is 22.4 Å². The molecule has 1 nitrogen and oxygen atoms in total. The van der Waals surface area contributed by atoms with Gasteiger partial charge < -0.3 is 0 Å². The van der Waals surface area contributed by atoms with Crippen molar-refractivity contribution in [2.45, 2.75) is 49.1 Å². The maximum atomic E-state index is 3.79. The van der Waals surface area contributed by atoms with Crippen LogP contribution in [0.1, 0.15) is 31.2 Å². The van der Waals surface area contributed by atoms with Gasteiger partial charge in [0.2, 0.25) is 0 Å². The molecular formula is C12H16BrNS. The summed E-state index contributed by atoms with van der Waals surface area (Å²) in [6, 6.07) is 3.95. The van der Waals surface area contributed by atoms with Gasteiger partial charge in [-0.05, 0) is 48.1 Å². The number of rotatable bonds is 2. The van der Waals surface area contributed by atoms with E-state index < -0.39 is 0 Å². The molecule has 3 heterocycles. The average molecular weight is 286 g/mol. The summed E-state index contributed by atoms with van der Waals surface area (Å²) in [4.78, 5) is 3.51. The molecule has 82 valence electrons. The van der Waals surface area contributed by atoms with E-state index in [0.29, 0.717) is 0 Å². The molecule has 0 aromatic carbocycles. The van der Waals surface area contributed by atoms with Crippen molar-refractivity contribution in [3.8, 4) is 0 Å². The zero-order valence-electron chi connectivity index (χ0n) is 8.73. The molecule has 1 aromatic rings. The Morgan fingerprint density at radius 1 is 1.33 bits per heavy atom. The highest BCUT2D eigenvalue weighted by atomic mass is 79.9. The first-order valence-corrected chi connectivity index (χ1v) is 7.59. The summed E-state index contributed by atoms with van der Waals surface area (Å²) in [5.41, 5.74) is 1.50. The van der Waals surface area contributed by atoms with E-state index in [4.69, 9.17) is 0 Å². The first-order valence-electron chi connectivity index (χ1n) is 5.74. The van der Waals surface area contributed by atoms with Gasteiger partial charge in [-0.25, -0.2) is 0 Å². The number of hydrogen-bond donors (Lipinski definition) is 0. The number of halogens is 1. The molecule has 2 fully saturated rings. The van der Waals surface area contributed by atoms with Gasteiger partial charge in [0.15, 0.2) is 0 Å². The van der Waals surface area contributed by atoms with Crippen LogP contribution in [0.25, 0.3) is 0 Å². The van der Waals surface area contributed by atoms with Crippen molar-refractivity contribution in [1.29, 1.82) is 0 Å². The van der Waals surface area contributed by atoms with Crippen LogP contribution in [0, 0.1) is 0 Å². The molecule has 3 rings (SSSR count). The Bertz CT molecular complexity index is 310. The number of piperidine rings is 1. The maximum Gasteiger partial charge on any atom is 0.0247 e. The van der Waals surface area contributed by atoms with Gasteiger partial charge in [-0.15, -0.1) is 0 Å². The number of alkyl halides is 1. The number of thiophene rings is 1. The first kappa shape index (κ1) is 10.3. The van der Waals surface area contributed by atoms with Gasteiger partial charge in [0, 0.05) is 23.5 Å². The zero-order valence-corrected chi connectivity index (χ0v) is 11.1. The molecule has 0 radical (unpaired) electrons. The highest BCUT2D eigenvalue weighted by Crippen LogP contribution is 2.39. The molecule has 0 aliphatic carbocycles. The van der Waals surface area contributed by atoms with E-state index in [-0.39, 0.29) is 0 Å². The molecule has 2 saturated heterocycles. The van der Waals surface area contributed by atoms with Crippen molar-refractivity contribution in [3.63, 3.8) is 0 Å². The smallest absolute Gasteiger partial charge is 0.0247 e. The van der Waals surface area contributed by atoms with Crippen LogP contribution in [0.15, 0.2) is 16.8 Å². The Hall–Kier alpha value is 0.140. The van der Waals surface area contributed by atoms with E-state index in [1.165, 1.54) is 37.8 Å². The average Bonchev–Trinajstić information content (AvgIpc) is 2.77. The van der Waals surface area contributed by atoms with E-state index in [1.807, 2.05) is 11.3 Å². The summed E-state index contributed by atoms with van der Waals surface area (Å²) in [6.07, 6.45) is 5.52. The summed E-state index contributed by atoms with van der Waals surface area (Å²) < 4.78 is 0. The molecule has 3 heteroatoms. The van der Waals surface area contributed by atoms with Gasteiger partial charge in [-0.1, -0.05) is 15.9 Å². The fraction of sp³-hybridized carbons (Fsp3) is 0.667. The number of fused-ring (bicyclic) bond motifs is 2. The van der Waals surface area contributed by atoms with Crippen molar-refractivity contribution in [2.24, 2.45) is 0 Å². The number of hydrogen-bond acceptors (Lipinski definition) is 2. The minimum absolute atomic E-state index is 0.772.